The number of carbonyl (C=O) groups is 1. The minimum Gasteiger partial charge on any atom is -0.393 e. The van der Waals surface area contributed by atoms with Crippen LogP contribution in [0.5, 0.6) is 0 Å². The number of nitrogens with one attached hydrogen (secondary N) is 3. The summed E-state index contributed by atoms with van der Waals surface area (Å²) < 4.78 is 0. The molecular weight excluding hydrogens is 387 g/mol. The lowest BCUT2D eigenvalue weighted by Gasteiger charge is -2.13. The number of nitrogens with zero attached hydrogens (tertiary/aromatic N) is 2. The van der Waals surface area contributed by atoms with Gasteiger partial charge in [0.2, 0.25) is 0 Å². The Morgan fingerprint density at radius 1 is 0.926 bits per heavy atom. The molecule has 0 radical (unpaired) electrons. The molecule has 27 heavy (non-hydrogen) atoms. The zero-order valence-corrected chi connectivity index (χ0v) is 15.6. The maximum Gasteiger partial charge on any atom is 0.269 e. The van der Waals surface area contributed by atoms with Crippen molar-refractivity contribution in [3.8, 4) is 0 Å². The van der Waals surface area contributed by atoms with Gasteiger partial charge < -0.3 is 11.1 Å². The molecule has 5 N–H and O–H groups in total. The average Bonchev–Trinajstić information content (AvgIpc) is 2.68. The molecule has 0 fully saturated rings. The van der Waals surface area contributed by atoms with Gasteiger partial charge in [0.15, 0.2) is 11.6 Å². The topological polar surface area (TPSA) is 105 Å². The van der Waals surface area contributed by atoms with Crippen LogP contribution in [-0.2, 0) is 6.54 Å². The van der Waals surface area contributed by atoms with Crippen LogP contribution in [-0.4, -0.2) is 15.9 Å². The molecule has 0 saturated heterocycles. The first-order valence-corrected chi connectivity index (χ1v) is 8.69. The summed E-state index contributed by atoms with van der Waals surface area (Å²) in [7, 11) is 0. The Morgan fingerprint density at radius 2 is 1.52 bits per heavy atom. The van der Waals surface area contributed by atoms with Crippen LogP contribution in [0.25, 0.3) is 0 Å². The van der Waals surface area contributed by atoms with E-state index in [1.165, 1.54) is 6.33 Å². The van der Waals surface area contributed by atoms with E-state index in [0.717, 1.165) is 5.56 Å². The summed E-state index contributed by atoms with van der Waals surface area (Å²) in [4.78, 5) is 20.3. The molecule has 1 aromatic heterocycles. The molecule has 1 amide bonds. The van der Waals surface area contributed by atoms with Crippen molar-refractivity contribution in [2.75, 3.05) is 16.5 Å². The molecule has 7 nitrogen and oxygen atoms in total. The fraction of sp³-hybridized carbons (Fsp3) is 0.0556. The number of carbonyl (C=O) groups excluding carboxylic acids is 1. The standard InChI is InChI=1S/C18H16Cl2N6O/c19-13-5-1-11(2-6-13)9-22-16-15(21)17(24-10-23-16)25-26-18(27)12-3-7-14(20)8-4-12/h1-8,10H,9,21H2,(H,26,27)(H2,22,23,24,25). The molecule has 0 atom stereocenters. The van der Waals surface area contributed by atoms with Gasteiger partial charge in [0.1, 0.15) is 12.0 Å². The third kappa shape index (κ3) is 4.99. The first kappa shape index (κ1) is 18.8. The number of anilines is 3. The molecule has 2 aromatic carbocycles. The van der Waals surface area contributed by atoms with Gasteiger partial charge in [-0.15, -0.1) is 0 Å². The highest BCUT2D eigenvalue weighted by Gasteiger charge is 2.10. The fourth-order valence-electron chi connectivity index (χ4n) is 2.21. The van der Waals surface area contributed by atoms with Crippen LogP contribution in [0.4, 0.5) is 17.3 Å². The molecule has 0 spiro atoms. The maximum atomic E-state index is 12.1. The van der Waals surface area contributed by atoms with E-state index in [2.05, 4.69) is 26.1 Å². The number of benzene rings is 2. The predicted molar refractivity (Wildman–Crippen MR) is 108 cm³/mol. The molecule has 1 heterocycles. The Labute approximate surface area is 165 Å². The minimum absolute atomic E-state index is 0.280. The van der Waals surface area contributed by atoms with Gasteiger partial charge in [0.25, 0.3) is 5.91 Å². The Balaban J connectivity index is 1.63. The number of amides is 1. The number of aromatic nitrogens is 2. The molecule has 9 heteroatoms. The van der Waals surface area contributed by atoms with E-state index in [9.17, 15) is 4.79 Å². The highest BCUT2D eigenvalue weighted by Crippen LogP contribution is 2.22. The first-order valence-electron chi connectivity index (χ1n) is 7.93. The lowest BCUT2D eigenvalue weighted by molar-refractivity contribution is 0.0962. The summed E-state index contributed by atoms with van der Waals surface area (Å²) in [6.45, 7) is 0.509. The van der Waals surface area contributed by atoms with Crippen molar-refractivity contribution in [2.45, 2.75) is 6.54 Å². The van der Waals surface area contributed by atoms with Crippen LogP contribution in [0.15, 0.2) is 54.9 Å². The zero-order valence-electron chi connectivity index (χ0n) is 14.0. The number of hydrogen-bond acceptors (Lipinski definition) is 6. The van der Waals surface area contributed by atoms with Gasteiger partial charge in [-0.25, -0.2) is 9.97 Å². The lowest BCUT2D eigenvalue weighted by Crippen LogP contribution is -2.30. The number of nitrogens with two attached hydrogens (primary N) is 1. The third-order valence-corrected chi connectivity index (χ3v) is 4.16. The summed E-state index contributed by atoms with van der Waals surface area (Å²) in [5.41, 5.74) is 13.1. The Morgan fingerprint density at radius 3 is 2.19 bits per heavy atom. The van der Waals surface area contributed by atoms with Crippen LogP contribution in [0.2, 0.25) is 10.0 Å². The van der Waals surface area contributed by atoms with Gasteiger partial charge in [0.05, 0.1) is 0 Å². The number of hydrogen-bond donors (Lipinski definition) is 4. The average molecular weight is 403 g/mol. The Hall–Kier alpha value is -3.03. The predicted octanol–water partition coefficient (Wildman–Crippen LogP) is 3.73. The number of halogens is 2. The smallest absolute Gasteiger partial charge is 0.269 e. The number of rotatable bonds is 6. The third-order valence-electron chi connectivity index (χ3n) is 3.66. The first-order chi connectivity index (χ1) is 13.0. The van der Waals surface area contributed by atoms with E-state index in [4.69, 9.17) is 28.9 Å². The summed E-state index contributed by atoms with van der Waals surface area (Å²) >= 11 is 11.7. The zero-order chi connectivity index (χ0) is 19.2. The van der Waals surface area contributed by atoms with Crippen molar-refractivity contribution in [1.29, 1.82) is 0 Å². The molecule has 3 rings (SSSR count). The molecule has 3 aromatic rings. The molecule has 0 unspecified atom stereocenters. The van der Waals surface area contributed by atoms with Crippen LogP contribution in [0.3, 0.4) is 0 Å². The molecule has 138 valence electrons. The number of hydrazine groups is 1. The van der Waals surface area contributed by atoms with Gasteiger partial charge in [0, 0.05) is 22.2 Å². The van der Waals surface area contributed by atoms with Crippen molar-refractivity contribution in [1.82, 2.24) is 15.4 Å². The van der Waals surface area contributed by atoms with Crippen molar-refractivity contribution >= 4 is 46.4 Å². The summed E-state index contributed by atoms with van der Waals surface area (Å²) in [6.07, 6.45) is 1.34. The van der Waals surface area contributed by atoms with Gasteiger partial charge >= 0.3 is 0 Å². The van der Waals surface area contributed by atoms with E-state index < -0.39 is 0 Å². The molecule has 0 aliphatic heterocycles. The SMILES string of the molecule is Nc1c(NCc2ccc(Cl)cc2)ncnc1NNC(=O)c1ccc(Cl)cc1. The van der Waals surface area contributed by atoms with E-state index in [1.54, 1.807) is 36.4 Å². The van der Waals surface area contributed by atoms with Crippen molar-refractivity contribution in [3.63, 3.8) is 0 Å². The lowest BCUT2D eigenvalue weighted by atomic mass is 10.2. The highest BCUT2D eigenvalue weighted by molar-refractivity contribution is 6.30. The van der Waals surface area contributed by atoms with Gasteiger partial charge in [-0.05, 0) is 42.0 Å². The van der Waals surface area contributed by atoms with E-state index in [-0.39, 0.29) is 17.4 Å². The Bertz CT molecular complexity index is 932. The quantitative estimate of drug-likeness (QED) is 0.468. The number of nitrogen functional groups attached to an aromatic ring is 1. The summed E-state index contributed by atoms with van der Waals surface area (Å²) in [5, 5.41) is 4.35. The van der Waals surface area contributed by atoms with E-state index >= 15 is 0 Å². The molecule has 0 aliphatic rings. The monoisotopic (exact) mass is 402 g/mol. The largest absolute Gasteiger partial charge is 0.393 e. The van der Waals surface area contributed by atoms with Gasteiger partial charge in [-0.2, -0.15) is 0 Å². The van der Waals surface area contributed by atoms with Crippen LogP contribution < -0.4 is 21.9 Å². The van der Waals surface area contributed by atoms with Crippen LogP contribution >= 0.6 is 23.2 Å². The minimum atomic E-state index is -0.347. The fourth-order valence-corrected chi connectivity index (χ4v) is 2.47. The van der Waals surface area contributed by atoms with Crippen molar-refractivity contribution in [2.24, 2.45) is 0 Å². The highest BCUT2D eigenvalue weighted by atomic mass is 35.5. The van der Waals surface area contributed by atoms with Gasteiger partial charge in [-0.3, -0.25) is 15.6 Å². The second-order valence-corrected chi connectivity index (χ2v) is 6.42. The van der Waals surface area contributed by atoms with E-state index in [1.807, 2.05) is 12.1 Å². The summed E-state index contributed by atoms with van der Waals surface area (Å²) in [5.74, 6) is 0.384. The second-order valence-electron chi connectivity index (χ2n) is 5.55. The molecule has 0 aliphatic carbocycles. The van der Waals surface area contributed by atoms with Crippen LogP contribution in [0.1, 0.15) is 15.9 Å². The molecular formula is C18H16Cl2N6O. The van der Waals surface area contributed by atoms with Crippen molar-refractivity contribution in [3.05, 3.63) is 76.0 Å². The van der Waals surface area contributed by atoms with Crippen molar-refractivity contribution < 1.29 is 4.79 Å². The summed E-state index contributed by atoms with van der Waals surface area (Å²) in [6, 6.07) is 13.9. The molecule has 0 saturated carbocycles. The second kappa shape index (κ2) is 8.57. The van der Waals surface area contributed by atoms with Gasteiger partial charge in [-0.1, -0.05) is 35.3 Å². The van der Waals surface area contributed by atoms with Crippen LogP contribution in [0, 0.1) is 0 Å². The van der Waals surface area contributed by atoms with E-state index in [0.29, 0.717) is 28.0 Å². The Kier molecular flexibility index (Phi) is 5.95. The molecule has 0 bridgehead atoms. The maximum absolute atomic E-state index is 12.1. The normalized spacial score (nSPS) is 10.3.